The predicted molar refractivity (Wildman–Crippen MR) is 87.0 cm³/mol. The van der Waals surface area contributed by atoms with Crippen LogP contribution in [0.25, 0.3) is 11.3 Å². The van der Waals surface area contributed by atoms with Gasteiger partial charge in [-0.15, -0.1) is 0 Å². The average Bonchev–Trinajstić information content (AvgIpc) is 3.06. The van der Waals surface area contributed by atoms with E-state index in [1.54, 1.807) is 24.4 Å². The molecule has 0 radical (unpaired) electrons. The van der Waals surface area contributed by atoms with Crippen molar-refractivity contribution in [2.45, 2.75) is 13.5 Å². The number of rotatable bonds is 4. The number of nitrogens with one attached hydrogen (secondary N) is 3. The lowest BCUT2D eigenvalue weighted by molar-refractivity contribution is 0.0949. The van der Waals surface area contributed by atoms with E-state index in [4.69, 9.17) is 0 Å². The SMILES string of the molecule is Cc1cccc(-c2ccc(C(=O)NCc3ccn[nH]3)c(=O)[nH]2)c1. The molecule has 3 rings (SSSR count). The molecular weight excluding hydrogens is 292 g/mol. The molecular formula is C17H16N4O2. The summed E-state index contributed by atoms with van der Waals surface area (Å²) in [6.45, 7) is 2.27. The van der Waals surface area contributed by atoms with Crippen LogP contribution in [0.2, 0.25) is 0 Å². The molecule has 0 saturated carbocycles. The van der Waals surface area contributed by atoms with Crippen molar-refractivity contribution in [1.82, 2.24) is 20.5 Å². The number of hydrogen-bond donors (Lipinski definition) is 3. The highest BCUT2D eigenvalue weighted by atomic mass is 16.2. The van der Waals surface area contributed by atoms with E-state index in [-0.39, 0.29) is 12.1 Å². The van der Waals surface area contributed by atoms with Gasteiger partial charge in [0.2, 0.25) is 0 Å². The molecule has 0 fully saturated rings. The highest BCUT2D eigenvalue weighted by Gasteiger charge is 2.11. The molecule has 0 aliphatic rings. The van der Waals surface area contributed by atoms with Crippen molar-refractivity contribution in [3.63, 3.8) is 0 Å². The molecule has 6 heteroatoms. The normalized spacial score (nSPS) is 10.5. The second kappa shape index (κ2) is 6.31. The van der Waals surface area contributed by atoms with Crippen LogP contribution in [-0.2, 0) is 6.54 Å². The third kappa shape index (κ3) is 3.37. The van der Waals surface area contributed by atoms with Crippen molar-refractivity contribution in [3.8, 4) is 11.3 Å². The monoisotopic (exact) mass is 308 g/mol. The molecule has 0 spiro atoms. The van der Waals surface area contributed by atoms with Gasteiger partial charge in [-0.05, 0) is 36.8 Å². The fraction of sp³-hybridized carbons (Fsp3) is 0.118. The van der Waals surface area contributed by atoms with Gasteiger partial charge in [0.15, 0.2) is 0 Å². The molecule has 2 aromatic heterocycles. The molecule has 0 bridgehead atoms. The van der Waals surface area contributed by atoms with Gasteiger partial charge in [0.25, 0.3) is 11.5 Å². The summed E-state index contributed by atoms with van der Waals surface area (Å²) >= 11 is 0. The standard InChI is InChI=1S/C17H16N4O2/c1-11-3-2-4-12(9-11)15-6-5-14(17(23)20-15)16(22)18-10-13-7-8-19-21-13/h2-9H,10H2,1H3,(H,18,22)(H,19,21)(H,20,23). The van der Waals surface area contributed by atoms with Crippen LogP contribution in [-0.4, -0.2) is 21.1 Å². The van der Waals surface area contributed by atoms with Crippen LogP contribution in [0, 0.1) is 6.92 Å². The number of carbonyl (C=O) groups excluding carboxylic acids is 1. The fourth-order valence-electron chi connectivity index (χ4n) is 2.29. The van der Waals surface area contributed by atoms with Crippen LogP contribution in [0.15, 0.2) is 53.5 Å². The van der Waals surface area contributed by atoms with Crippen LogP contribution in [0.3, 0.4) is 0 Å². The maximum absolute atomic E-state index is 12.2. The zero-order chi connectivity index (χ0) is 16.2. The van der Waals surface area contributed by atoms with E-state index in [1.807, 2.05) is 31.2 Å². The topological polar surface area (TPSA) is 90.6 Å². The van der Waals surface area contributed by atoms with Gasteiger partial charge in [-0.3, -0.25) is 14.7 Å². The van der Waals surface area contributed by atoms with Crippen molar-refractivity contribution in [1.29, 1.82) is 0 Å². The van der Waals surface area contributed by atoms with Gasteiger partial charge in [-0.2, -0.15) is 5.10 Å². The zero-order valence-corrected chi connectivity index (χ0v) is 12.6. The largest absolute Gasteiger partial charge is 0.346 e. The number of H-pyrrole nitrogens is 2. The first-order chi connectivity index (χ1) is 11.1. The molecule has 3 N–H and O–H groups in total. The van der Waals surface area contributed by atoms with Crippen molar-refractivity contribution in [2.24, 2.45) is 0 Å². The average molecular weight is 308 g/mol. The van der Waals surface area contributed by atoms with Crippen molar-refractivity contribution in [2.75, 3.05) is 0 Å². The third-order valence-electron chi connectivity index (χ3n) is 3.48. The lowest BCUT2D eigenvalue weighted by Gasteiger charge is -2.06. The Hall–Kier alpha value is -3.15. The lowest BCUT2D eigenvalue weighted by Crippen LogP contribution is -2.29. The minimum absolute atomic E-state index is 0.0842. The fourth-order valence-corrected chi connectivity index (χ4v) is 2.29. The Morgan fingerprint density at radius 2 is 2.09 bits per heavy atom. The lowest BCUT2D eigenvalue weighted by atomic mass is 10.1. The summed E-state index contributed by atoms with van der Waals surface area (Å²) in [6, 6.07) is 12.8. The summed E-state index contributed by atoms with van der Waals surface area (Å²) in [7, 11) is 0. The highest BCUT2D eigenvalue weighted by molar-refractivity contribution is 5.94. The minimum Gasteiger partial charge on any atom is -0.346 e. The number of benzene rings is 1. The Balaban J connectivity index is 1.79. The third-order valence-corrected chi connectivity index (χ3v) is 3.48. The maximum atomic E-state index is 12.2. The number of hydrogen-bond acceptors (Lipinski definition) is 3. The number of aryl methyl sites for hydroxylation is 1. The van der Waals surface area contributed by atoms with Crippen LogP contribution in [0.5, 0.6) is 0 Å². The second-order valence-corrected chi connectivity index (χ2v) is 5.25. The van der Waals surface area contributed by atoms with Gasteiger partial charge in [0.05, 0.1) is 12.2 Å². The van der Waals surface area contributed by atoms with Crippen molar-refractivity contribution >= 4 is 5.91 Å². The summed E-state index contributed by atoms with van der Waals surface area (Å²) in [6.07, 6.45) is 1.60. The second-order valence-electron chi connectivity index (χ2n) is 5.25. The van der Waals surface area contributed by atoms with Crippen LogP contribution in [0.1, 0.15) is 21.6 Å². The Labute approximate surface area is 132 Å². The Morgan fingerprint density at radius 3 is 2.78 bits per heavy atom. The number of nitrogens with zero attached hydrogens (tertiary/aromatic N) is 1. The molecule has 6 nitrogen and oxygen atoms in total. The predicted octanol–water partition coefficient (Wildman–Crippen LogP) is 2.00. The first kappa shape index (κ1) is 14.8. The molecule has 3 aromatic rings. The van der Waals surface area contributed by atoms with Crippen molar-refractivity contribution < 1.29 is 4.79 Å². The molecule has 0 atom stereocenters. The van der Waals surface area contributed by atoms with Gasteiger partial charge in [-0.1, -0.05) is 23.8 Å². The summed E-state index contributed by atoms with van der Waals surface area (Å²) in [5.74, 6) is -0.420. The van der Waals surface area contributed by atoms with E-state index in [2.05, 4.69) is 20.5 Å². The number of carbonyl (C=O) groups is 1. The summed E-state index contributed by atoms with van der Waals surface area (Å²) in [5.41, 5.74) is 3.14. The number of aromatic amines is 2. The van der Waals surface area contributed by atoms with E-state index in [9.17, 15) is 9.59 Å². The molecule has 0 aliphatic carbocycles. The number of amides is 1. The highest BCUT2D eigenvalue weighted by Crippen LogP contribution is 2.16. The molecule has 0 saturated heterocycles. The van der Waals surface area contributed by atoms with Gasteiger partial charge in [0, 0.05) is 11.9 Å². The molecule has 0 unspecified atom stereocenters. The first-order valence-corrected chi connectivity index (χ1v) is 7.20. The van der Waals surface area contributed by atoms with E-state index in [1.165, 1.54) is 0 Å². The molecule has 116 valence electrons. The van der Waals surface area contributed by atoms with Crippen LogP contribution in [0.4, 0.5) is 0 Å². The molecule has 1 amide bonds. The quantitative estimate of drug-likeness (QED) is 0.688. The van der Waals surface area contributed by atoms with Crippen LogP contribution < -0.4 is 10.9 Å². The Kier molecular flexibility index (Phi) is 4.05. The molecule has 23 heavy (non-hydrogen) atoms. The summed E-state index contributed by atoms with van der Waals surface area (Å²) in [4.78, 5) is 27.0. The van der Waals surface area contributed by atoms with E-state index in [0.29, 0.717) is 5.69 Å². The summed E-state index contributed by atoms with van der Waals surface area (Å²) in [5, 5.41) is 9.22. The zero-order valence-electron chi connectivity index (χ0n) is 12.6. The molecule has 2 heterocycles. The van der Waals surface area contributed by atoms with E-state index < -0.39 is 11.5 Å². The Bertz CT molecular complexity index is 882. The molecule has 1 aromatic carbocycles. The Morgan fingerprint density at radius 1 is 1.22 bits per heavy atom. The van der Waals surface area contributed by atoms with E-state index in [0.717, 1.165) is 16.8 Å². The van der Waals surface area contributed by atoms with Gasteiger partial charge in [0.1, 0.15) is 5.56 Å². The van der Waals surface area contributed by atoms with Gasteiger partial charge in [-0.25, -0.2) is 0 Å². The minimum atomic E-state index is -0.420. The number of aromatic nitrogens is 3. The smallest absolute Gasteiger partial charge is 0.261 e. The van der Waals surface area contributed by atoms with Gasteiger partial charge < -0.3 is 10.3 Å². The maximum Gasteiger partial charge on any atom is 0.261 e. The summed E-state index contributed by atoms with van der Waals surface area (Å²) < 4.78 is 0. The van der Waals surface area contributed by atoms with Crippen molar-refractivity contribution in [3.05, 3.63) is 75.8 Å². The number of pyridine rings is 1. The van der Waals surface area contributed by atoms with Crippen LogP contribution >= 0.6 is 0 Å². The molecule has 0 aliphatic heterocycles. The van der Waals surface area contributed by atoms with E-state index >= 15 is 0 Å². The van der Waals surface area contributed by atoms with Gasteiger partial charge >= 0.3 is 0 Å². The first-order valence-electron chi connectivity index (χ1n) is 7.20.